The van der Waals surface area contributed by atoms with Crippen LogP contribution in [0.25, 0.3) is 0 Å². The van der Waals surface area contributed by atoms with E-state index >= 15 is 0 Å². The molecule has 2 amide bonds. The molecule has 0 aromatic carbocycles. The summed E-state index contributed by atoms with van der Waals surface area (Å²) >= 11 is 1.29. The average molecular weight is 286 g/mol. The van der Waals surface area contributed by atoms with Crippen LogP contribution in [0.3, 0.4) is 0 Å². The van der Waals surface area contributed by atoms with Crippen molar-refractivity contribution in [3.05, 3.63) is 5.01 Å². The molecule has 1 saturated heterocycles. The first-order valence-electron chi connectivity index (χ1n) is 5.60. The third-order valence-electron chi connectivity index (χ3n) is 2.62. The van der Waals surface area contributed by atoms with E-state index in [4.69, 9.17) is 9.84 Å². The van der Waals surface area contributed by atoms with Gasteiger partial charge in [-0.25, -0.2) is 9.59 Å². The van der Waals surface area contributed by atoms with E-state index in [1.165, 1.54) is 16.2 Å². The Morgan fingerprint density at radius 3 is 2.74 bits per heavy atom. The Bertz CT molecular complexity index is 497. The molecule has 1 aromatic rings. The van der Waals surface area contributed by atoms with Crippen molar-refractivity contribution in [2.24, 2.45) is 0 Å². The molecule has 0 saturated carbocycles. The van der Waals surface area contributed by atoms with Crippen molar-refractivity contribution in [2.75, 3.05) is 25.0 Å². The summed E-state index contributed by atoms with van der Waals surface area (Å²) in [7, 11) is 0. The van der Waals surface area contributed by atoms with Crippen LogP contribution in [-0.4, -0.2) is 57.5 Å². The number of likely N-dealkylation sites (tertiary alicyclic amines) is 1. The molecule has 2 rings (SSSR count). The van der Waals surface area contributed by atoms with Gasteiger partial charge in [0.1, 0.15) is 17.2 Å². The second-order valence-electron chi connectivity index (χ2n) is 4.54. The number of nitrogens with zero attached hydrogens (tertiary/aromatic N) is 3. The first kappa shape index (κ1) is 13.7. The van der Waals surface area contributed by atoms with Gasteiger partial charge in [-0.2, -0.15) is 0 Å². The predicted octanol–water partition coefficient (Wildman–Crippen LogP) is 0.554. The van der Waals surface area contributed by atoms with Crippen LogP contribution in [0.1, 0.15) is 11.9 Å². The largest absolute Gasteiger partial charge is 0.480 e. The number of amides is 2. The van der Waals surface area contributed by atoms with E-state index in [9.17, 15) is 9.59 Å². The van der Waals surface area contributed by atoms with E-state index in [0.29, 0.717) is 18.2 Å². The summed E-state index contributed by atoms with van der Waals surface area (Å²) in [5, 5.41) is 20.0. The fraction of sp³-hybridized carbons (Fsp3) is 0.600. The fourth-order valence-electron chi connectivity index (χ4n) is 1.75. The first-order valence-corrected chi connectivity index (χ1v) is 6.41. The van der Waals surface area contributed by atoms with Crippen molar-refractivity contribution in [3.8, 4) is 0 Å². The molecule has 9 heteroatoms. The molecular formula is C10H14N4O4S. The number of carbonyl (C=O) groups is 2. The monoisotopic (exact) mass is 286 g/mol. The van der Waals surface area contributed by atoms with E-state index in [1.807, 2.05) is 0 Å². The SMILES string of the molecule is Cc1nnc(NC(=O)N2CC(C)(OCC(=O)O)C2)s1. The van der Waals surface area contributed by atoms with Gasteiger partial charge in [0, 0.05) is 0 Å². The van der Waals surface area contributed by atoms with Crippen LogP contribution in [0.4, 0.5) is 9.93 Å². The Labute approximate surface area is 113 Å². The lowest BCUT2D eigenvalue weighted by Crippen LogP contribution is -2.64. The molecule has 0 radical (unpaired) electrons. The molecular weight excluding hydrogens is 272 g/mol. The molecule has 1 aliphatic rings. The molecule has 1 aliphatic heterocycles. The van der Waals surface area contributed by atoms with Crippen molar-refractivity contribution < 1.29 is 19.4 Å². The van der Waals surface area contributed by atoms with Crippen molar-refractivity contribution in [2.45, 2.75) is 19.4 Å². The van der Waals surface area contributed by atoms with Gasteiger partial charge in [-0.1, -0.05) is 11.3 Å². The highest BCUT2D eigenvalue weighted by Gasteiger charge is 2.43. The van der Waals surface area contributed by atoms with Gasteiger partial charge in [-0.15, -0.1) is 10.2 Å². The minimum Gasteiger partial charge on any atom is -0.480 e. The van der Waals surface area contributed by atoms with E-state index in [1.54, 1.807) is 13.8 Å². The van der Waals surface area contributed by atoms with Gasteiger partial charge >= 0.3 is 12.0 Å². The summed E-state index contributed by atoms with van der Waals surface area (Å²) in [4.78, 5) is 23.8. The molecule has 8 nitrogen and oxygen atoms in total. The van der Waals surface area contributed by atoms with Gasteiger partial charge in [-0.3, -0.25) is 5.32 Å². The highest BCUT2D eigenvalue weighted by atomic mass is 32.1. The molecule has 2 N–H and O–H groups in total. The van der Waals surface area contributed by atoms with Gasteiger partial charge < -0.3 is 14.7 Å². The maximum Gasteiger partial charge on any atom is 0.329 e. The quantitative estimate of drug-likeness (QED) is 0.837. The lowest BCUT2D eigenvalue weighted by molar-refractivity contribution is -0.159. The lowest BCUT2D eigenvalue weighted by atomic mass is 9.97. The standard InChI is InChI=1S/C10H14N4O4S/c1-6-12-13-8(19-6)11-9(17)14-4-10(2,5-14)18-3-7(15)16/h3-5H2,1-2H3,(H,15,16)(H,11,13,17). The predicted molar refractivity (Wildman–Crippen MR) is 67.2 cm³/mol. The summed E-state index contributed by atoms with van der Waals surface area (Å²) in [6, 6.07) is -0.285. The number of anilines is 1. The number of aliphatic carboxylic acids is 1. The van der Waals surface area contributed by atoms with E-state index in [2.05, 4.69) is 15.5 Å². The van der Waals surface area contributed by atoms with E-state index < -0.39 is 11.6 Å². The minimum absolute atomic E-state index is 0.285. The van der Waals surface area contributed by atoms with Crippen molar-refractivity contribution in [3.63, 3.8) is 0 Å². The molecule has 19 heavy (non-hydrogen) atoms. The average Bonchev–Trinajstić information content (AvgIpc) is 2.68. The Kier molecular flexibility index (Phi) is 3.67. The van der Waals surface area contributed by atoms with Crippen LogP contribution < -0.4 is 5.32 Å². The number of ether oxygens (including phenoxy) is 1. The topological polar surface area (TPSA) is 105 Å². The Balaban J connectivity index is 1.79. The zero-order chi connectivity index (χ0) is 14.0. The number of aryl methyl sites for hydroxylation is 1. The number of carbonyl (C=O) groups excluding carboxylic acids is 1. The van der Waals surface area contributed by atoms with Crippen LogP contribution in [0.5, 0.6) is 0 Å². The van der Waals surface area contributed by atoms with Gasteiger partial charge in [0.2, 0.25) is 5.13 Å². The Morgan fingerprint density at radius 2 is 2.21 bits per heavy atom. The van der Waals surface area contributed by atoms with Crippen molar-refractivity contribution in [1.29, 1.82) is 0 Å². The third-order valence-corrected chi connectivity index (χ3v) is 3.38. The van der Waals surface area contributed by atoms with Crippen LogP contribution >= 0.6 is 11.3 Å². The number of aromatic nitrogens is 2. The summed E-state index contributed by atoms with van der Waals surface area (Å²) in [6.07, 6.45) is 0. The van der Waals surface area contributed by atoms with Gasteiger partial charge in [-0.05, 0) is 13.8 Å². The highest BCUT2D eigenvalue weighted by Crippen LogP contribution is 2.25. The molecule has 0 atom stereocenters. The second-order valence-corrected chi connectivity index (χ2v) is 5.73. The second kappa shape index (κ2) is 5.10. The van der Waals surface area contributed by atoms with E-state index in [-0.39, 0.29) is 12.6 Å². The molecule has 0 aliphatic carbocycles. The zero-order valence-electron chi connectivity index (χ0n) is 10.5. The number of carboxylic acid groups (broad SMARTS) is 1. The molecule has 2 heterocycles. The molecule has 104 valence electrons. The Hall–Kier alpha value is -1.74. The van der Waals surface area contributed by atoms with Crippen LogP contribution in [-0.2, 0) is 9.53 Å². The summed E-state index contributed by atoms with van der Waals surface area (Å²) in [5.74, 6) is -1.02. The maximum absolute atomic E-state index is 11.8. The van der Waals surface area contributed by atoms with Crippen LogP contribution in [0, 0.1) is 6.92 Å². The van der Waals surface area contributed by atoms with Crippen molar-refractivity contribution in [1.82, 2.24) is 15.1 Å². The summed E-state index contributed by atoms with van der Waals surface area (Å²) < 4.78 is 5.22. The molecule has 1 fully saturated rings. The third kappa shape index (κ3) is 3.38. The lowest BCUT2D eigenvalue weighted by Gasteiger charge is -2.46. The maximum atomic E-state index is 11.8. The molecule has 0 unspecified atom stereocenters. The number of hydrogen-bond donors (Lipinski definition) is 2. The molecule has 1 aromatic heterocycles. The first-order chi connectivity index (χ1) is 8.88. The number of hydrogen-bond acceptors (Lipinski definition) is 6. The van der Waals surface area contributed by atoms with Gasteiger partial charge in [0.15, 0.2) is 0 Å². The number of rotatable bonds is 4. The van der Waals surface area contributed by atoms with E-state index in [0.717, 1.165) is 5.01 Å². The smallest absolute Gasteiger partial charge is 0.329 e. The summed E-state index contributed by atoms with van der Waals surface area (Å²) in [6.45, 7) is 3.91. The molecule has 0 bridgehead atoms. The van der Waals surface area contributed by atoms with Crippen molar-refractivity contribution >= 4 is 28.5 Å². The highest BCUT2D eigenvalue weighted by molar-refractivity contribution is 7.15. The normalized spacial score (nSPS) is 16.8. The van der Waals surface area contributed by atoms with Gasteiger partial charge in [0.25, 0.3) is 0 Å². The van der Waals surface area contributed by atoms with Crippen LogP contribution in [0.15, 0.2) is 0 Å². The number of carboxylic acids is 1. The Morgan fingerprint density at radius 1 is 1.53 bits per heavy atom. The number of urea groups is 1. The number of nitrogens with one attached hydrogen (secondary N) is 1. The fourth-order valence-corrected chi connectivity index (χ4v) is 2.33. The zero-order valence-corrected chi connectivity index (χ0v) is 11.4. The van der Waals surface area contributed by atoms with Gasteiger partial charge in [0.05, 0.1) is 13.1 Å². The van der Waals surface area contributed by atoms with Crippen LogP contribution in [0.2, 0.25) is 0 Å². The molecule has 0 spiro atoms. The summed E-state index contributed by atoms with van der Waals surface area (Å²) in [5.41, 5.74) is -0.591. The minimum atomic E-state index is -1.02.